The normalized spacial score (nSPS) is 14.0. The van der Waals surface area contributed by atoms with Crippen LogP contribution in [-0.4, -0.2) is 43.6 Å². The van der Waals surface area contributed by atoms with Gasteiger partial charge in [-0.05, 0) is 42.3 Å². The smallest absolute Gasteiger partial charge is 0.278 e. The number of anilines is 1. The van der Waals surface area contributed by atoms with Crippen LogP contribution in [-0.2, 0) is 14.3 Å². The average Bonchev–Trinajstić information content (AvgIpc) is 2.95. The van der Waals surface area contributed by atoms with Gasteiger partial charge < -0.3 is 14.8 Å². The van der Waals surface area contributed by atoms with Crippen LogP contribution in [0.2, 0.25) is 0 Å². The fourth-order valence-electron chi connectivity index (χ4n) is 2.99. The molecule has 2 amide bonds. The molecular weight excluding hydrogens is 436 g/mol. The molecule has 2 aromatic rings. The second-order valence-corrected chi connectivity index (χ2v) is 7.43. The number of nitrogens with zero attached hydrogens (tertiary/aromatic N) is 1. The second kappa shape index (κ2) is 9.71. The van der Waals surface area contributed by atoms with Crippen LogP contribution in [0.15, 0.2) is 58.7 Å². The number of benzene rings is 2. The number of halogens is 1. The van der Waals surface area contributed by atoms with Gasteiger partial charge in [0, 0.05) is 17.3 Å². The van der Waals surface area contributed by atoms with E-state index in [4.69, 9.17) is 9.47 Å². The van der Waals surface area contributed by atoms with Gasteiger partial charge in [0.15, 0.2) is 0 Å². The zero-order valence-corrected chi connectivity index (χ0v) is 18.0. The summed E-state index contributed by atoms with van der Waals surface area (Å²) in [5.74, 6) is 0.0193. The highest BCUT2D eigenvalue weighted by molar-refractivity contribution is 9.10. The lowest BCUT2D eigenvalue weighted by atomic mass is 10.0. The topological polar surface area (TPSA) is 67.9 Å². The van der Waals surface area contributed by atoms with Crippen LogP contribution in [0.4, 0.5) is 5.69 Å². The van der Waals surface area contributed by atoms with Gasteiger partial charge >= 0.3 is 0 Å². The van der Waals surface area contributed by atoms with E-state index < -0.39 is 0 Å². The van der Waals surface area contributed by atoms with Gasteiger partial charge in [0.1, 0.15) is 11.4 Å². The van der Waals surface area contributed by atoms with Crippen molar-refractivity contribution in [3.63, 3.8) is 0 Å². The van der Waals surface area contributed by atoms with Gasteiger partial charge in [-0.2, -0.15) is 0 Å². The molecule has 1 aliphatic heterocycles. The molecule has 0 spiro atoms. The van der Waals surface area contributed by atoms with Crippen molar-refractivity contribution in [2.24, 2.45) is 0 Å². The number of carbonyl (C=O) groups is 2. The van der Waals surface area contributed by atoms with E-state index in [0.717, 1.165) is 16.6 Å². The first-order chi connectivity index (χ1) is 14.0. The van der Waals surface area contributed by atoms with Gasteiger partial charge in [0.2, 0.25) is 0 Å². The van der Waals surface area contributed by atoms with Gasteiger partial charge in [-0.3, -0.25) is 14.5 Å². The summed E-state index contributed by atoms with van der Waals surface area (Å²) in [4.78, 5) is 27.3. The van der Waals surface area contributed by atoms with Gasteiger partial charge in [-0.25, -0.2) is 0 Å². The summed E-state index contributed by atoms with van der Waals surface area (Å²) in [6.07, 6.45) is 0.912. The van der Waals surface area contributed by atoms with Crippen molar-refractivity contribution in [2.45, 2.75) is 13.3 Å². The lowest BCUT2D eigenvalue weighted by Gasteiger charge is -2.14. The summed E-state index contributed by atoms with van der Waals surface area (Å²) >= 11 is 3.42. The summed E-state index contributed by atoms with van der Waals surface area (Å²) < 4.78 is 11.5. The van der Waals surface area contributed by atoms with Crippen molar-refractivity contribution in [3.8, 4) is 5.75 Å². The van der Waals surface area contributed by atoms with Gasteiger partial charge in [0.25, 0.3) is 11.8 Å². The quantitative estimate of drug-likeness (QED) is 0.573. The molecule has 7 heteroatoms. The maximum absolute atomic E-state index is 13.1. The Labute approximate surface area is 178 Å². The highest BCUT2D eigenvalue weighted by Gasteiger charge is 2.38. The second-order valence-electron chi connectivity index (χ2n) is 6.51. The van der Waals surface area contributed by atoms with Gasteiger partial charge in [0.05, 0.1) is 25.3 Å². The Morgan fingerprint density at radius 3 is 2.45 bits per heavy atom. The first kappa shape index (κ1) is 21.1. The van der Waals surface area contributed by atoms with E-state index >= 15 is 0 Å². The van der Waals surface area contributed by atoms with E-state index in [2.05, 4.69) is 21.2 Å². The van der Waals surface area contributed by atoms with Crippen molar-refractivity contribution in [1.29, 1.82) is 0 Å². The fraction of sp³-hybridized carbons (Fsp3) is 0.273. The molecule has 1 aliphatic rings. The Bertz CT molecular complexity index is 925. The number of hydrogen-bond acceptors (Lipinski definition) is 5. The molecule has 0 fully saturated rings. The third-order valence-electron chi connectivity index (χ3n) is 4.40. The summed E-state index contributed by atoms with van der Waals surface area (Å²) in [5.41, 5.74) is 1.97. The number of amides is 2. The lowest BCUT2D eigenvalue weighted by Crippen LogP contribution is -2.35. The minimum atomic E-state index is -0.367. The zero-order chi connectivity index (χ0) is 20.8. The van der Waals surface area contributed by atoms with Crippen molar-refractivity contribution >= 4 is 39.0 Å². The molecule has 152 valence electrons. The lowest BCUT2D eigenvalue weighted by molar-refractivity contribution is -0.137. The summed E-state index contributed by atoms with van der Waals surface area (Å²) in [6.45, 7) is 3.13. The number of methoxy groups -OCH3 is 1. The van der Waals surface area contributed by atoms with Crippen LogP contribution < -0.4 is 10.1 Å². The molecule has 0 atom stereocenters. The molecule has 3 rings (SSSR count). The third kappa shape index (κ3) is 4.86. The van der Waals surface area contributed by atoms with E-state index in [0.29, 0.717) is 23.4 Å². The minimum Gasteiger partial charge on any atom is -0.494 e. The molecule has 0 unspecified atom stereocenters. The molecule has 0 saturated carbocycles. The summed E-state index contributed by atoms with van der Waals surface area (Å²) in [7, 11) is 1.54. The Kier molecular flexibility index (Phi) is 7.06. The Morgan fingerprint density at radius 2 is 1.79 bits per heavy atom. The number of nitrogens with one attached hydrogen (secondary N) is 1. The van der Waals surface area contributed by atoms with Crippen LogP contribution in [0, 0.1) is 0 Å². The first-order valence-electron chi connectivity index (χ1n) is 9.40. The molecule has 2 aromatic carbocycles. The predicted molar refractivity (Wildman–Crippen MR) is 116 cm³/mol. The number of ether oxygens (including phenoxy) is 2. The fourth-order valence-corrected chi connectivity index (χ4v) is 3.39. The Hall–Kier alpha value is -2.64. The predicted octanol–water partition coefficient (Wildman–Crippen LogP) is 4.08. The average molecular weight is 459 g/mol. The first-order valence-corrected chi connectivity index (χ1v) is 10.2. The number of hydrogen-bond donors (Lipinski definition) is 1. The van der Waals surface area contributed by atoms with E-state index in [1.165, 1.54) is 12.0 Å². The van der Waals surface area contributed by atoms with Gasteiger partial charge in [-0.15, -0.1) is 0 Å². The van der Waals surface area contributed by atoms with Crippen LogP contribution in [0.1, 0.15) is 18.9 Å². The largest absolute Gasteiger partial charge is 0.494 e. The van der Waals surface area contributed by atoms with Crippen molar-refractivity contribution < 1.29 is 19.1 Å². The number of imide groups is 1. The van der Waals surface area contributed by atoms with Crippen LogP contribution in [0.3, 0.4) is 0 Å². The van der Waals surface area contributed by atoms with Crippen LogP contribution >= 0.6 is 15.9 Å². The van der Waals surface area contributed by atoms with Crippen LogP contribution in [0.25, 0.3) is 5.57 Å². The van der Waals surface area contributed by atoms with E-state index in [9.17, 15) is 9.59 Å². The Morgan fingerprint density at radius 1 is 1.03 bits per heavy atom. The Balaban J connectivity index is 1.97. The summed E-state index contributed by atoms with van der Waals surface area (Å²) in [6, 6.07) is 14.7. The van der Waals surface area contributed by atoms with E-state index in [1.54, 1.807) is 12.1 Å². The summed E-state index contributed by atoms with van der Waals surface area (Å²) in [5, 5.41) is 3.13. The molecule has 0 radical (unpaired) electrons. The maximum atomic E-state index is 13.1. The molecule has 0 aromatic heterocycles. The van der Waals surface area contributed by atoms with Crippen molar-refractivity contribution in [2.75, 3.05) is 32.2 Å². The third-order valence-corrected chi connectivity index (χ3v) is 4.89. The minimum absolute atomic E-state index is 0.193. The molecule has 6 nitrogen and oxygen atoms in total. The van der Waals surface area contributed by atoms with E-state index in [-0.39, 0.29) is 30.7 Å². The SMILES string of the molecule is CCCOc1ccc(C2=C(Nc3cccc(Br)c3)C(=O)N(CCOC)C2=O)cc1. The van der Waals surface area contributed by atoms with Crippen molar-refractivity contribution in [1.82, 2.24) is 4.90 Å². The zero-order valence-electron chi connectivity index (χ0n) is 16.4. The van der Waals surface area contributed by atoms with Gasteiger partial charge in [-0.1, -0.05) is 41.1 Å². The molecule has 1 N–H and O–H groups in total. The molecule has 0 saturated heterocycles. The molecule has 0 aliphatic carbocycles. The monoisotopic (exact) mass is 458 g/mol. The van der Waals surface area contributed by atoms with E-state index in [1.807, 2.05) is 43.3 Å². The highest BCUT2D eigenvalue weighted by atomic mass is 79.9. The molecule has 1 heterocycles. The highest BCUT2D eigenvalue weighted by Crippen LogP contribution is 2.31. The standard InChI is InChI=1S/C22H23BrN2O4/c1-3-12-29-18-9-7-15(8-10-18)19-20(24-17-6-4-5-16(23)14-17)22(27)25(21(19)26)11-13-28-2/h4-10,14,24H,3,11-13H2,1-2H3. The van der Waals surface area contributed by atoms with Crippen LogP contribution in [0.5, 0.6) is 5.75 Å². The number of carbonyl (C=O) groups excluding carboxylic acids is 2. The number of rotatable bonds is 9. The van der Waals surface area contributed by atoms with Crippen molar-refractivity contribution in [3.05, 3.63) is 64.3 Å². The maximum Gasteiger partial charge on any atom is 0.278 e. The molecular formula is C22H23BrN2O4. The molecule has 0 bridgehead atoms. The molecule has 29 heavy (non-hydrogen) atoms.